The smallest absolute Gasteiger partial charge is 0.123 e. The number of nitrogens with one attached hydrogen (secondary N) is 1. The summed E-state index contributed by atoms with van der Waals surface area (Å²) < 4.78 is 13.0. The van der Waals surface area contributed by atoms with Crippen molar-refractivity contribution >= 4 is 11.8 Å². The minimum absolute atomic E-state index is 0.301. The second kappa shape index (κ2) is 10.2. The Hall–Kier alpha value is -0.580. The summed E-state index contributed by atoms with van der Waals surface area (Å²) in [6.07, 6.45) is 6.41. The quantitative estimate of drug-likeness (QED) is 0.646. The maximum atomic E-state index is 13.0. The van der Waals surface area contributed by atoms with Gasteiger partial charge in [0.05, 0.1) is 6.10 Å². The van der Waals surface area contributed by atoms with Gasteiger partial charge in [0.15, 0.2) is 0 Å². The molecule has 0 aliphatic heterocycles. The minimum Gasteiger partial charge on any atom is -0.387 e. The Morgan fingerprint density at radius 2 is 2.05 bits per heavy atom. The van der Waals surface area contributed by atoms with Gasteiger partial charge in [-0.2, -0.15) is 11.8 Å². The number of benzene rings is 1. The number of hydrogen-bond donors (Lipinski definition) is 2. The van der Waals surface area contributed by atoms with Crippen LogP contribution in [0.15, 0.2) is 24.3 Å². The molecule has 0 radical (unpaired) electrons. The molecule has 0 aliphatic rings. The molecule has 1 rings (SSSR count). The van der Waals surface area contributed by atoms with E-state index in [4.69, 9.17) is 0 Å². The van der Waals surface area contributed by atoms with Crippen LogP contribution < -0.4 is 5.32 Å². The van der Waals surface area contributed by atoms with Crippen molar-refractivity contribution in [3.8, 4) is 0 Å². The maximum Gasteiger partial charge on any atom is 0.123 e. The van der Waals surface area contributed by atoms with Gasteiger partial charge in [0, 0.05) is 6.54 Å². The Morgan fingerprint density at radius 3 is 2.79 bits per heavy atom. The topological polar surface area (TPSA) is 32.3 Å². The first-order chi connectivity index (χ1) is 9.24. The molecule has 2 nitrogen and oxygen atoms in total. The summed E-state index contributed by atoms with van der Waals surface area (Å²) in [6, 6.07) is 6.14. The van der Waals surface area contributed by atoms with Gasteiger partial charge in [-0.1, -0.05) is 25.0 Å². The van der Waals surface area contributed by atoms with Crippen molar-refractivity contribution < 1.29 is 9.50 Å². The first-order valence-electron chi connectivity index (χ1n) is 6.87. The Labute approximate surface area is 119 Å². The molecule has 108 valence electrons. The maximum absolute atomic E-state index is 13.0. The monoisotopic (exact) mass is 285 g/mol. The highest BCUT2D eigenvalue weighted by molar-refractivity contribution is 7.98. The Morgan fingerprint density at radius 1 is 1.26 bits per heavy atom. The number of aliphatic hydroxyl groups excluding tert-OH is 1. The van der Waals surface area contributed by atoms with Crippen LogP contribution in [-0.2, 0) is 0 Å². The lowest BCUT2D eigenvalue weighted by atomic mass is 10.1. The van der Waals surface area contributed by atoms with Crippen molar-refractivity contribution in [1.82, 2.24) is 5.32 Å². The molecular weight excluding hydrogens is 261 g/mol. The van der Waals surface area contributed by atoms with Gasteiger partial charge in [-0.15, -0.1) is 0 Å². The highest BCUT2D eigenvalue weighted by Crippen LogP contribution is 2.13. The van der Waals surface area contributed by atoms with Crippen LogP contribution in [0, 0.1) is 5.82 Å². The molecule has 1 atom stereocenters. The lowest BCUT2D eigenvalue weighted by Gasteiger charge is -2.12. The molecule has 0 saturated carbocycles. The zero-order chi connectivity index (χ0) is 13.9. The Balaban J connectivity index is 2.06. The van der Waals surface area contributed by atoms with Gasteiger partial charge in [-0.25, -0.2) is 4.39 Å². The third-order valence-electron chi connectivity index (χ3n) is 3.02. The van der Waals surface area contributed by atoms with Gasteiger partial charge >= 0.3 is 0 Å². The molecule has 0 heterocycles. The van der Waals surface area contributed by atoms with E-state index in [-0.39, 0.29) is 5.82 Å². The molecule has 1 unspecified atom stereocenters. The van der Waals surface area contributed by atoms with E-state index in [1.165, 1.54) is 37.1 Å². The van der Waals surface area contributed by atoms with Gasteiger partial charge in [-0.3, -0.25) is 0 Å². The molecule has 0 bridgehead atoms. The van der Waals surface area contributed by atoms with Gasteiger partial charge in [0.2, 0.25) is 0 Å². The van der Waals surface area contributed by atoms with Crippen LogP contribution in [0.3, 0.4) is 0 Å². The molecule has 0 spiro atoms. The van der Waals surface area contributed by atoms with Gasteiger partial charge in [-0.05, 0) is 49.1 Å². The first-order valence-corrected chi connectivity index (χ1v) is 8.26. The SMILES string of the molecule is CSCCCCCCNCC(O)c1cccc(F)c1. The molecule has 4 heteroatoms. The molecule has 2 N–H and O–H groups in total. The standard InChI is InChI=1S/C15H24FNOS/c1-19-10-5-3-2-4-9-17-12-15(18)13-7-6-8-14(16)11-13/h6-8,11,15,17-18H,2-5,9-10,12H2,1H3. The fourth-order valence-corrected chi connectivity index (χ4v) is 2.41. The number of rotatable bonds is 10. The van der Waals surface area contributed by atoms with Gasteiger partial charge in [0.1, 0.15) is 5.82 Å². The van der Waals surface area contributed by atoms with E-state index in [0.717, 1.165) is 13.0 Å². The molecule has 0 fully saturated rings. The molecule has 1 aromatic carbocycles. The molecule has 0 amide bonds. The normalized spacial score (nSPS) is 12.6. The summed E-state index contributed by atoms with van der Waals surface area (Å²) in [6.45, 7) is 1.39. The fraction of sp³-hybridized carbons (Fsp3) is 0.600. The van der Waals surface area contributed by atoms with Crippen molar-refractivity contribution in [2.24, 2.45) is 0 Å². The minimum atomic E-state index is -0.632. The van der Waals surface area contributed by atoms with E-state index in [1.807, 2.05) is 11.8 Å². The number of thioether (sulfide) groups is 1. The zero-order valence-corrected chi connectivity index (χ0v) is 12.4. The third kappa shape index (κ3) is 7.55. The predicted octanol–water partition coefficient (Wildman–Crippen LogP) is 3.37. The van der Waals surface area contributed by atoms with Crippen molar-refractivity contribution in [3.05, 3.63) is 35.6 Å². The van der Waals surface area contributed by atoms with Crippen LogP contribution in [0.2, 0.25) is 0 Å². The molecular formula is C15H24FNOS. The average molecular weight is 285 g/mol. The molecule has 0 saturated heterocycles. The average Bonchev–Trinajstić information content (AvgIpc) is 2.41. The highest BCUT2D eigenvalue weighted by Gasteiger charge is 2.07. The summed E-state index contributed by atoms with van der Waals surface area (Å²) in [5.41, 5.74) is 0.632. The van der Waals surface area contributed by atoms with Crippen LogP contribution >= 0.6 is 11.8 Å². The second-order valence-electron chi connectivity index (χ2n) is 4.68. The van der Waals surface area contributed by atoms with E-state index < -0.39 is 6.10 Å². The lowest BCUT2D eigenvalue weighted by Crippen LogP contribution is -2.22. The Kier molecular flexibility index (Phi) is 8.88. The van der Waals surface area contributed by atoms with Gasteiger partial charge in [0.25, 0.3) is 0 Å². The van der Waals surface area contributed by atoms with Crippen molar-refractivity contribution in [1.29, 1.82) is 0 Å². The van der Waals surface area contributed by atoms with Crippen LogP contribution in [0.5, 0.6) is 0 Å². The number of hydrogen-bond acceptors (Lipinski definition) is 3. The van der Waals surface area contributed by atoms with Crippen molar-refractivity contribution in [2.75, 3.05) is 25.1 Å². The second-order valence-corrected chi connectivity index (χ2v) is 5.67. The van der Waals surface area contributed by atoms with Crippen LogP contribution in [-0.4, -0.2) is 30.2 Å². The number of aliphatic hydroxyl groups is 1. The predicted molar refractivity (Wildman–Crippen MR) is 81.1 cm³/mol. The van der Waals surface area contributed by atoms with E-state index in [0.29, 0.717) is 12.1 Å². The zero-order valence-electron chi connectivity index (χ0n) is 11.6. The highest BCUT2D eigenvalue weighted by atomic mass is 32.2. The number of halogens is 1. The summed E-state index contributed by atoms with van der Waals surface area (Å²) in [5.74, 6) is 0.941. The summed E-state index contributed by atoms with van der Waals surface area (Å²) >= 11 is 1.89. The summed E-state index contributed by atoms with van der Waals surface area (Å²) in [7, 11) is 0. The summed E-state index contributed by atoms with van der Waals surface area (Å²) in [4.78, 5) is 0. The molecule has 19 heavy (non-hydrogen) atoms. The fourth-order valence-electron chi connectivity index (χ4n) is 1.92. The van der Waals surface area contributed by atoms with E-state index in [2.05, 4.69) is 11.6 Å². The van der Waals surface area contributed by atoms with Crippen LogP contribution in [0.4, 0.5) is 4.39 Å². The third-order valence-corrected chi connectivity index (χ3v) is 3.72. The van der Waals surface area contributed by atoms with Crippen LogP contribution in [0.25, 0.3) is 0 Å². The molecule has 0 aromatic heterocycles. The van der Waals surface area contributed by atoms with Crippen LogP contribution in [0.1, 0.15) is 37.4 Å². The van der Waals surface area contributed by atoms with E-state index >= 15 is 0 Å². The Bertz CT molecular complexity index is 349. The largest absolute Gasteiger partial charge is 0.387 e. The first kappa shape index (κ1) is 16.5. The molecule has 0 aliphatic carbocycles. The molecule has 1 aromatic rings. The number of unbranched alkanes of at least 4 members (excludes halogenated alkanes) is 3. The van der Waals surface area contributed by atoms with E-state index in [1.54, 1.807) is 12.1 Å². The van der Waals surface area contributed by atoms with E-state index in [9.17, 15) is 9.50 Å². The van der Waals surface area contributed by atoms with Crippen molar-refractivity contribution in [2.45, 2.75) is 31.8 Å². The summed E-state index contributed by atoms with van der Waals surface area (Å²) in [5, 5.41) is 13.1. The lowest BCUT2D eigenvalue weighted by molar-refractivity contribution is 0.174. The van der Waals surface area contributed by atoms with Crippen molar-refractivity contribution in [3.63, 3.8) is 0 Å². The van der Waals surface area contributed by atoms with Gasteiger partial charge < -0.3 is 10.4 Å².